The van der Waals surface area contributed by atoms with Gasteiger partial charge in [-0.05, 0) is 6.07 Å². The maximum absolute atomic E-state index is 13.1. The fourth-order valence-electron chi connectivity index (χ4n) is 0.980. The molecule has 0 spiro atoms. The minimum absolute atomic E-state index is 0.0675. The predicted molar refractivity (Wildman–Crippen MR) is 49.4 cm³/mol. The molecule has 2 unspecified atom stereocenters. The van der Waals surface area contributed by atoms with Crippen molar-refractivity contribution in [1.82, 2.24) is 4.98 Å². The van der Waals surface area contributed by atoms with Gasteiger partial charge in [-0.2, -0.15) is 0 Å². The lowest BCUT2D eigenvalue weighted by atomic mass is 10.1. The minimum Gasteiger partial charge on any atom is -0.385 e. The molecule has 0 aliphatic carbocycles. The van der Waals surface area contributed by atoms with E-state index in [1.165, 1.54) is 0 Å². The molecule has 82 valence electrons. The highest BCUT2D eigenvalue weighted by atomic mass is 35.5. The average Bonchev–Trinajstić information content (AvgIpc) is 2.19. The summed E-state index contributed by atoms with van der Waals surface area (Å²) in [5, 5.41) is 18.4. The van der Waals surface area contributed by atoms with Gasteiger partial charge in [-0.25, -0.2) is 9.37 Å². The van der Waals surface area contributed by atoms with Gasteiger partial charge < -0.3 is 15.9 Å². The number of rotatable bonds is 3. The van der Waals surface area contributed by atoms with E-state index >= 15 is 0 Å². The summed E-state index contributed by atoms with van der Waals surface area (Å²) in [4.78, 5) is 14.0. The molecule has 4 N–H and O–H groups in total. The topological polar surface area (TPSA) is 96.4 Å². The first-order valence-electron chi connectivity index (χ1n) is 3.90. The van der Waals surface area contributed by atoms with Crippen molar-refractivity contribution in [3.05, 3.63) is 28.8 Å². The van der Waals surface area contributed by atoms with E-state index in [9.17, 15) is 14.3 Å². The van der Waals surface area contributed by atoms with E-state index in [0.29, 0.717) is 0 Å². The molecule has 0 radical (unpaired) electrons. The summed E-state index contributed by atoms with van der Waals surface area (Å²) < 4.78 is 13.1. The van der Waals surface area contributed by atoms with Crippen molar-refractivity contribution in [3.63, 3.8) is 0 Å². The van der Waals surface area contributed by atoms with Crippen LogP contribution in [0.2, 0.25) is 5.15 Å². The number of carbonyl (C=O) groups is 1. The Morgan fingerprint density at radius 2 is 2.20 bits per heavy atom. The number of carbonyl (C=O) groups excluding carboxylic acids is 1. The fourth-order valence-corrected chi connectivity index (χ4v) is 1.15. The Bertz CT molecular complexity index is 388. The number of aromatic nitrogens is 1. The Balaban J connectivity index is 3.04. The molecule has 0 aliphatic heterocycles. The van der Waals surface area contributed by atoms with Crippen LogP contribution in [-0.4, -0.2) is 27.2 Å². The molecule has 0 saturated carbocycles. The van der Waals surface area contributed by atoms with Crippen LogP contribution < -0.4 is 5.73 Å². The van der Waals surface area contributed by atoms with E-state index < -0.39 is 23.9 Å². The zero-order valence-corrected chi connectivity index (χ0v) is 8.15. The van der Waals surface area contributed by atoms with Crippen molar-refractivity contribution in [2.24, 2.45) is 5.73 Å². The van der Waals surface area contributed by atoms with Gasteiger partial charge in [0.15, 0.2) is 6.10 Å². The molecule has 0 bridgehead atoms. The minimum atomic E-state index is -1.89. The maximum atomic E-state index is 13.1. The van der Waals surface area contributed by atoms with Crippen LogP contribution >= 0.6 is 11.6 Å². The number of nitrogens with two attached hydrogens (primary N) is 1. The Kier molecular flexibility index (Phi) is 3.57. The second-order valence-corrected chi connectivity index (χ2v) is 3.21. The highest BCUT2D eigenvalue weighted by Gasteiger charge is 2.26. The molecule has 0 fully saturated rings. The summed E-state index contributed by atoms with van der Waals surface area (Å²) in [6.45, 7) is 0. The molecule has 0 saturated heterocycles. The monoisotopic (exact) mass is 234 g/mol. The van der Waals surface area contributed by atoms with Crippen molar-refractivity contribution >= 4 is 17.5 Å². The van der Waals surface area contributed by atoms with Crippen molar-refractivity contribution in [2.75, 3.05) is 0 Å². The summed E-state index contributed by atoms with van der Waals surface area (Å²) >= 11 is 5.46. The zero-order valence-electron chi connectivity index (χ0n) is 7.39. The second-order valence-electron chi connectivity index (χ2n) is 2.82. The van der Waals surface area contributed by atoms with Gasteiger partial charge >= 0.3 is 0 Å². The van der Waals surface area contributed by atoms with Gasteiger partial charge in [0.2, 0.25) is 5.91 Å². The zero-order chi connectivity index (χ0) is 11.6. The molecule has 0 aromatic carbocycles. The largest absolute Gasteiger partial charge is 0.385 e. The standard InChI is InChI=1S/C8H8ClFN2O3/c9-5-1-3(4(10)2-12-5)6(13)7(14)8(11)15/h1-2,6-7,13-14H,(H2,11,15). The Hall–Kier alpha value is -1.24. The quantitative estimate of drug-likeness (QED) is 0.629. The van der Waals surface area contributed by atoms with Gasteiger partial charge in [0.05, 0.1) is 6.20 Å². The van der Waals surface area contributed by atoms with E-state index in [4.69, 9.17) is 22.4 Å². The first-order chi connectivity index (χ1) is 6.93. The molecule has 5 nitrogen and oxygen atoms in total. The molecule has 15 heavy (non-hydrogen) atoms. The van der Waals surface area contributed by atoms with Crippen LogP contribution in [0.15, 0.2) is 12.3 Å². The summed E-state index contributed by atoms with van der Waals surface area (Å²) in [7, 11) is 0. The van der Waals surface area contributed by atoms with Crippen LogP contribution in [0, 0.1) is 5.82 Å². The van der Waals surface area contributed by atoms with E-state index in [-0.39, 0.29) is 10.7 Å². The highest BCUT2D eigenvalue weighted by molar-refractivity contribution is 6.29. The molecular formula is C8H8ClFN2O3. The van der Waals surface area contributed by atoms with Crippen molar-refractivity contribution in [3.8, 4) is 0 Å². The van der Waals surface area contributed by atoms with Gasteiger partial charge in [-0.3, -0.25) is 4.79 Å². The smallest absolute Gasteiger partial charge is 0.249 e. The van der Waals surface area contributed by atoms with Crippen molar-refractivity contribution < 1.29 is 19.4 Å². The number of halogens is 2. The third-order valence-corrected chi connectivity index (χ3v) is 1.97. The lowest BCUT2D eigenvalue weighted by Crippen LogP contribution is -2.34. The van der Waals surface area contributed by atoms with Gasteiger partial charge in [-0.15, -0.1) is 0 Å². The maximum Gasteiger partial charge on any atom is 0.249 e. The van der Waals surface area contributed by atoms with Gasteiger partial charge in [0.1, 0.15) is 17.1 Å². The lowest BCUT2D eigenvalue weighted by Gasteiger charge is -2.15. The third kappa shape index (κ3) is 2.62. The number of aliphatic hydroxyl groups is 2. The normalized spacial score (nSPS) is 14.7. The molecule has 1 aromatic rings. The Morgan fingerprint density at radius 1 is 1.60 bits per heavy atom. The van der Waals surface area contributed by atoms with Crippen LogP contribution in [0.25, 0.3) is 0 Å². The number of hydrogen-bond acceptors (Lipinski definition) is 4. The van der Waals surface area contributed by atoms with Crippen LogP contribution in [-0.2, 0) is 4.79 Å². The summed E-state index contributed by atoms with van der Waals surface area (Å²) in [6.07, 6.45) is -2.88. The van der Waals surface area contributed by atoms with Gasteiger partial charge in [0.25, 0.3) is 0 Å². The van der Waals surface area contributed by atoms with E-state index in [2.05, 4.69) is 4.98 Å². The van der Waals surface area contributed by atoms with Crippen molar-refractivity contribution in [2.45, 2.75) is 12.2 Å². The third-order valence-electron chi connectivity index (χ3n) is 1.76. The van der Waals surface area contributed by atoms with E-state index in [1.54, 1.807) is 0 Å². The van der Waals surface area contributed by atoms with Crippen molar-refractivity contribution in [1.29, 1.82) is 0 Å². The number of pyridine rings is 1. The van der Waals surface area contributed by atoms with Gasteiger partial charge in [-0.1, -0.05) is 11.6 Å². The van der Waals surface area contributed by atoms with E-state index in [0.717, 1.165) is 12.3 Å². The predicted octanol–water partition coefficient (Wildman–Crippen LogP) is -0.246. The highest BCUT2D eigenvalue weighted by Crippen LogP contribution is 2.22. The molecule has 1 aromatic heterocycles. The number of amides is 1. The molecule has 1 amide bonds. The summed E-state index contributed by atoms with van der Waals surface area (Å²) in [6, 6.07) is 1.01. The van der Waals surface area contributed by atoms with Crippen LogP contribution in [0.1, 0.15) is 11.7 Å². The molecule has 0 aliphatic rings. The van der Waals surface area contributed by atoms with Gasteiger partial charge in [0, 0.05) is 5.56 Å². The SMILES string of the molecule is NC(=O)C(O)C(O)c1cc(Cl)ncc1F. The Morgan fingerprint density at radius 3 is 2.73 bits per heavy atom. The number of hydrogen-bond donors (Lipinski definition) is 3. The summed E-state index contributed by atoms with van der Waals surface area (Å²) in [5.41, 5.74) is 4.41. The molecular weight excluding hydrogens is 227 g/mol. The number of nitrogens with zero attached hydrogens (tertiary/aromatic N) is 1. The van der Waals surface area contributed by atoms with Crippen LogP contribution in [0.5, 0.6) is 0 Å². The van der Waals surface area contributed by atoms with Crippen LogP contribution in [0.4, 0.5) is 4.39 Å². The average molecular weight is 235 g/mol. The molecule has 1 rings (SSSR count). The number of primary amides is 1. The lowest BCUT2D eigenvalue weighted by molar-refractivity contribution is -0.132. The first kappa shape index (κ1) is 11.8. The van der Waals surface area contributed by atoms with Crippen LogP contribution in [0.3, 0.4) is 0 Å². The molecule has 2 atom stereocenters. The second kappa shape index (κ2) is 4.52. The van der Waals surface area contributed by atoms with E-state index in [1.807, 2.05) is 0 Å². The Labute approximate surface area is 89.3 Å². The first-order valence-corrected chi connectivity index (χ1v) is 4.27. The number of aliphatic hydroxyl groups excluding tert-OH is 2. The molecule has 7 heteroatoms. The fraction of sp³-hybridized carbons (Fsp3) is 0.250. The summed E-state index contributed by atoms with van der Waals surface area (Å²) in [5.74, 6) is -2.04. The molecule has 1 heterocycles.